The van der Waals surface area contributed by atoms with E-state index < -0.39 is 23.8 Å². The second kappa shape index (κ2) is 5.90. The van der Waals surface area contributed by atoms with Gasteiger partial charge < -0.3 is 4.52 Å². The maximum Gasteiger partial charge on any atom is 0.453 e. The van der Waals surface area contributed by atoms with Gasteiger partial charge in [-0.15, -0.1) is 5.10 Å². The molecule has 1 aromatic carbocycles. The van der Waals surface area contributed by atoms with Crippen molar-refractivity contribution in [2.24, 2.45) is 0 Å². The summed E-state index contributed by atoms with van der Waals surface area (Å²) in [4.78, 5) is 6.81. The number of benzene rings is 1. The standard InChI is InChI=1S/C14H10F5N5O/c1-13(15,16)12-21-10(23-25-12)9-4-2-8(3-5-9)6-24-7-20-11(22-24)14(17,18)19/h2-5,7H,6H2,1H3. The molecule has 11 heteroatoms. The Morgan fingerprint density at radius 2 is 1.76 bits per heavy atom. The first-order valence-electron chi connectivity index (χ1n) is 6.91. The van der Waals surface area contributed by atoms with Crippen molar-refractivity contribution in [3.8, 4) is 11.4 Å². The fraction of sp³-hybridized carbons (Fsp3) is 0.286. The summed E-state index contributed by atoms with van der Waals surface area (Å²) in [6.45, 7) is 0.703. The zero-order valence-electron chi connectivity index (χ0n) is 12.6. The molecule has 0 saturated heterocycles. The number of hydrogen-bond donors (Lipinski definition) is 0. The molecule has 0 N–H and O–H groups in total. The highest BCUT2D eigenvalue weighted by Crippen LogP contribution is 2.28. The fourth-order valence-electron chi connectivity index (χ4n) is 1.97. The molecular weight excluding hydrogens is 349 g/mol. The number of alkyl halides is 5. The molecule has 2 heterocycles. The van der Waals surface area contributed by atoms with Crippen molar-refractivity contribution in [1.82, 2.24) is 24.9 Å². The van der Waals surface area contributed by atoms with Crippen LogP contribution in [0.2, 0.25) is 0 Å². The van der Waals surface area contributed by atoms with E-state index in [4.69, 9.17) is 0 Å². The second-order valence-electron chi connectivity index (χ2n) is 5.27. The zero-order valence-corrected chi connectivity index (χ0v) is 12.6. The highest BCUT2D eigenvalue weighted by Gasteiger charge is 2.35. The Bertz CT molecular complexity index is 863. The van der Waals surface area contributed by atoms with Crippen LogP contribution in [0.25, 0.3) is 11.4 Å². The number of rotatable bonds is 4. The number of aromatic nitrogens is 5. The lowest BCUT2D eigenvalue weighted by atomic mass is 10.1. The molecule has 25 heavy (non-hydrogen) atoms. The molecule has 0 aliphatic carbocycles. The van der Waals surface area contributed by atoms with Crippen molar-refractivity contribution < 1.29 is 26.5 Å². The van der Waals surface area contributed by atoms with Gasteiger partial charge >= 0.3 is 12.1 Å². The Labute approximate surface area is 137 Å². The Kier molecular flexibility index (Phi) is 4.01. The van der Waals surface area contributed by atoms with Crippen LogP contribution in [-0.2, 0) is 18.6 Å². The monoisotopic (exact) mass is 359 g/mol. The minimum atomic E-state index is -4.60. The Balaban J connectivity index is 1.74. The van der Waals surface area contributed by atoms with Crippen LogP contribution in [0.5, 0.6) is 0 Å². The van der Waals surface area contributed by atoms with Gasteiger partial charge in [-0.25, -0.2) is 9.67 Å². The summed E-state index contributed by atoms with van der Waals surface area (Å²) >= 11 is 0. The maximum absolute atomic E-state index is 13.1. The van der Waals surface area contributed by atoms with Crippen LogP contribution in [0, 0.1) is 0 Å². The van der Waals surface area contributed by atoms with Gasteiger partial charge in [-0.2, -0.15) is 26.9 Å². The van der Waals surface area contributed by atoms with Crippen molar-refractivity contribution in [2.75, 3.05) is 0 Å². The molecule has 0 saturated carbocycles. The van der Waals surface area contributed by atoms with E-state index in [1.807, 2.05) is 0 Å². The van der Waals surface area contributed by atoms with Crippen LogP contribution in [0.1, 0.15) is 24.2 Å². The summed E-state index contributed by atoms with van der Waals surface area (Å²) in [5, 5.41) is 6.82. The third-order valence-corrected chi connectivity index (χ3v) is 3.15. The lowest BCUT2D eigenvalue weighted by Gasteiger charge is -2.03. The third kappa shape index (κ3) is 3.80. The normalized spacial score (nSPS) is 12.6. The molecule has 132 valence electrons. The quantitative estimate of drug-likeness (QED) is 0.667. The SMILES string of the molecule is CC(F)(F)c1nc(-c2ccc(Cn3cnc(C(F)(F)F)n3)cc2)no1. The van der Waals surface area contributed by atoms with E-state index in [0.717, 1.165) is 11.0 Å². The van der Waals surface area contributed by atoms with E-state index >= 15 is 0 Å². The fourth-order valence-corrected chi connectivity index (χ4v) is 1.97. The Morgan fingerprint density at radius 3 is 2.28 bits per heavy atom. The molecule has 6 nitrogen and oxygen atoms in total. The molecule has 3 aromatic rings. The van der Waals surface area contributed by atoms with E-state index in [0.29, 0.717) is 18.1 Å². The van der Waals surface area contributed by atoms with Crippen LogP contribution in [0.4, 0.5) is 22.0 Å². The maximum atomic E-state index is 13.1. The van der Waals surface area contributed by atoms with Gasteiger partial charge in [0.25, 0.3) is 11.7 Å². The molecule has 0 fully saturated rings. The lowest BCUT2D eigenvalue weighted by Crippen LogP contribution is -2.09. The van der Waals surface area contributed by atoms with Crippen molar-refractivity contribution in [2.45, 2.75) is 25.6 Å². The average molecular weight is 359 g/mol. The summed E-state index contributed by atoms with van der Waals surface area (Å²) < 4.78 is 69.1. The van der Waals surface area contributed by atoms with Gasteiger partial charge in [0.1, 0.15) is 6.33 Å². The van der Waals surface area contributed by atoms with Gasteiger partial charge in [0.05, 0.1) is 6.54 Å². The van der Waals surface area contributed by atoms with E-state index in [9.17, 15) is 22.0 Å². The van der Waals surface area contributed by atoms with Crippen molar-refractivity contribution in [1.29, 1.82) is 0 Å². The number of nitrogens with zero attached hydrogens (tertiary/aromatic N) is 5. The summed E-state index contributed by atoms with van der Waals surface area (Å²) in [6, 6.07) is 6.26. The lowest BCUT2D eigenvalue weighted by molar-refractivity contribution is -0.145. The van der Waals surface area contributed by atoms with E-state index in [2.05, 4.69) is 24.7 Å². The molecule has 3 rings (SSSR count). The topological polar surface area (TPSA) is 69.6 Å². The predicted octanol–water partition coefficient (Wildman–Crippen LogP) is 3.51. The van der Waals surface area contributed by atoms with Crippen molar-refractivity contribution in [3.05, 3.63) is 47.9 Å². The van der Waals surface area contributed by atoms with Crippen LogP contribution in [0.3, 0.4) is 0 Å². The van der Waals surface area contributed by atoms with Crippen LogP contribution in [-0.4, -0.2) is 24.9 Å². The molecule has 0 bridgehead atoms. The molecule has 0 radical (unpaired) electrons. The minimum Gasteiger partial charge on any atom is -0.332 e. The van der Waals surface area contributed by atoms with Gasteiger partial charge in [0.15, 0.2) is 0 Å². The first-order valence-corrected chi connectivity index (χ1v) is 6.91. The van der Waals surface area contributed by atoms with Gasteiger partial charge in [-0.05, 0) is 5.56 Å². The minimum absolute atomic E-state index is 0.0109. The summed E-state index contributed by atoms with van der Waals surface area (Å²) in [7, 11) is 0. The number of halogens is 5. The van der Waals surface area contributed by atoms with Crippen LogP contribution < -0.4 is 0 Å². The molecule has 0 atom stereocenters. The summed E-state index contributed by atoms with van der Waals surface area (Å²) in [6.07, 6.45) is -3.63. The molecule has 0 aliphatic rings. The summed E-state index contributed by atoms with van der Waals surface area (Å²) in [5.74, 6) is -5.27. The average Bonchev–Trinajstić information content (AvgIpc) is 3.15. The molecule has 0 spiro atoms. The van der Waals surface area contributed by atoms with Gasteiger partial charge in [-0.3, -0.25) is 0 Å². The molecule has 0 aliphatic heterocycles. The highest BCUT2D eigenvalue weighted by atomic mass is 19.4. The van der Waals surface area contributed by atoms with Crippen LogP contribution in [0.15, 0.2) is 35.1 Å². The first kappa shape index (κ1) is 17.0. The van der Waals surface area contributed by atoms with Crippen molar-refractivity contribution in [3.63, 3.8) is 0 Å². The third-order valence-electron chi connectivity index (χ3n) is 3.15. The largest absolute Gasteiger partial charge is 0.453 e. The Hall–Kier alpha value is -2.85. The van der Waals surface area contributed by atoms with Gasteiger partial charge in [-0.1, -0.05) is 29.4 Å². The first-order chi connectivity index (χ1) is 11.6. The van der Waals surface area contributed by atoms with Gasteiger partial charge in [0, 0.05) is 12.5 Å². The molecule has 2 aromatic heterocycles. The highest BCUT2D eigenvalue weighted by molar-refractivity contribution is 5.54. The number of hydrogen-bond acceptors (Lipinski definition) is 5. The summed E-state index contributed by atoms with van der Waals surface area (Å²) in [5.41, 5.74) is 1.06. The predicted molar refractivity (Wildman–Crippen MR) is 73.4 cm³/mol. The van der Waals surface area contributed by atoms with Crippen LogP contribution >= 0.6 is 0 Å². The van der Waals surface area contributed by atoms with E-state index in [1.165, 1.54) is 0 Å². The smallest absolute Gasteiger partial charge is 0.332 e. The molecular formula is C14H10F5N5O. The molecule has 0 unspecified atom stereocenters. The second-order valence-corrected chi connectivity index (χ2v) is 5.27. The molecule has 0 amide bonds. The van der Waals surface area contributed by atoms with Crippen molar-refractivity contribution >= 4 is 0 Å². The van der Waals surface area contributed by atoms with E-state index in [1.54, 1.807) is 24.3 Å². The van der Waals surface area contributed by atoms with Gasteiger partial charge in [0.2, 0.25) is 5.82 Å². The zero-order chi connectivity index (χ0) is 18.2. The van der Waals surface area contributed by atoms with E-state index in [-0.39, 0.29) is 12.4 Å². The Morgan fingerprint density at radius 1 is 1.08 bits per heavy atom.